The lowest BCUT2D eigenvalue weighted by Gasteiger charge is -2.26. The summed E-state index contributed by atoms with van der Waals surface area (Å²) >= 11 is 7.36. The van der Waals surface area contributed by atoms with Gasteiger partial charge in [-0.3, -0.25) is 4.79 Å². The number of carboxylic acids is 1. The van der Waals surface area contributed by atoms with Gasteiger partial charge in [0, 0.05) is 17.5 Å². The fourth-order valence-corrected chi connectivity index (χ4v) is 3.59. The lowest BCUT2D eigenvalue weighted by Crippen LogP contribution is -2.44. The number of rotatable bonds is 5. The predicted molar refractivity (Wildman–Crippen MR) is 82.9 cm³/mol. The lowest BCUT2D eigenvalue weighted by atomic mass is 9.86. The zero-order chi connectivity index (χ0) is 15.2. The molecular formula is C14H19ClN2O3S. The minimum atomic E-state index is -0.729. The van der Waals surface area contributed by atoms with Crippen molar-refractivity contribution in [3.05, 3.63) is 21.3 Å². The molecule has 7 heteroatoms. The molecule has 1 aliphatic rings. The van der Waals surface area contributed by atoms with E-state index in [1.807, 2.05) is 12.1 Å². The molecule has 0 aromatic carbocycles. The van der Waals surface area contributed by atoms with Crippen LogP contribution in [0.5, 0.6) is 0 Å². The van der Waals surface area contributed by atoms with E-state index in [0.717, 1.165) is 28.5 Å². The van der Waals surface area contributed by atoms with Gasteiger partial charge in [0.25, 0.3) is 0 Å². The van der Waals surface area contributed by atoms with Crippen LogP contribution in [0.25, 0.3) is 0 Å². The molecule has 0 aliphatic heterocycles. The quantitative estimate of drug-likeness (QED) is 0.776. The highest BCUT2D eigenvalue weighted by Crippen LogP contribution is 2.24. The van der Waals surface area contributed by atoms with E-state index in [9.17, 15) is 9.59 Å². The number of hydrogen-bond donors (Lipinski definition) is 3. The molecule has 0 atom stereocenters. The van der Waals surface area contributed by atoms with Crippen LogP contribution in [0.2, 0.25) is 4.34 Å². The first kappa shape index (κ1) is 16.1. The van der Waals surface area contributed by atoms with E-state index in [0.29, 0.717) is 19.4 Å². The topological polar surface area (TPSA) is 78.4 Å². The molecular weight excluding hydrogens is 312 g/mol. The van der Waals surface area contributed by atoms with Gasteiger partial charge in [-0.15, -0.1) is 11.3 Å². The van der Waals surface area contributed by atoms with Crippen molar-refractivity contribution in [1.82, 2.24) is 10.6 Å². The Morgan fingerprint density at radius 2 is 2.00 bits per heavy atom. The number of carbonyl (C=O) groups is 2. The normalized spacial score (nSPS) is 21.8. The third kappa shape index (κ3) is 5.21. The molecule has 1 heterocycles. The van der Waals surface area contributed by atoms with Crippen LogP contribution in [0.4, 0.5) is 4.79 Å². The summed E-state index contributed by atoms with van der Waals surface area (Å²) in [6.45, 7) is 0.563. The SMILES string of the molecule is O=C(NCCc1ccc(Cl)s1)NC1CCC(C(=O)O)CC1. The van der Waals surface area contributed by atoms with Gasteiger partial charge in [-0.2, -0.15) is 0 Å². The minimum Gasteiger partial charge on any atom is -0.481 e. The molecule has 1 aliphatic carbocycles. The second-order valence-electron chi connectivity index (χ2n) is 5.24. The number of amides is 2. The van der Waals surface area contributed by atoms with Crippen LogP contribution >= 0.6 is 22.9 Å². The molecule has 1 fully saturated rings. The number of thiophene rings is 1. The van der Waals surface area contributed by atoms with E-state index in [4.69, 9.17) is 16.7 Å². The third-order valence-corrected chi connectivity index (χ3v) is 4.99. The van der Waals surface area contributed by atoms with E-state index in [1.165, 1.54) is 11.3 Å². The number of carbonyl (C=O) groups excluding carboxylic acids is 1. The molecule has 1 aromatic heterocycles. The summed E-state index contributed by atoms with van der Waals surface area (Å²) in [5, 5.41) is 14.6. The summed E-state index contributed by atoms with van der Waals surface area (Å²) < 4.78 is 0.754. The Labute approximate surface area is 132 Å². The first-order chi connectivity index (χ1) is 10.0. The summed E-state index contributed by atoms with van der Waals surface area (Å²) in [6.07, 6.45) is 3.48. The number of halogens is 1. The zero-order valence-corrected chi connectivity index (χ0v) is 13.2. The molecule has 0 radical (unpaired) electrons. The fraction of sp³-hybridized carbons (Fsp3) is 0.571. The average Bonchev–Trinajstić information content (AvgIpc) is 2.85. The van der Waals surface area contributed by atoms with Gasteiger partial charge in [-0.25, -0.2) is 4.79 Å². The second kappa shape index (κ2) is 7.66. The Morgan fingerprint density at radius 1 is 1.29 bits per heavy atom. The maximum atomic E-state index is 11.8. The van der Waals surface area contributed by atoms with Gasteiger partial charge < -0.3 is 15.7 Å². The van der Waals surface area contributed by atoms with Gasteiger partial charge in [0.2, 0.25) is 0 Å². The van der Waals surface area contributed by atoms with Crippen LogP contribution in [-0.4, -0.2) is 29.7 Å². The molecule has 0 saturated heterocycles. The number of nitrogens with one attached hydrogen (secondary N) is 2. The summed E-state index contributed by atoms with van der Waals surface area (Å²) in [7, 11) is 0. The Kier molecular flexibility index (Phi) is 5.87. The molecule has 5 nitrogen and oxygen atoms in total. The number of aliphatic carboxylic acids is 1. The Morgan fingerprint density at radius 3 is 2.57 bits per heavy atom. The van der Waals surface area contributed by atoms with Gasteiger partial charge in [-0.05, 0) is 44.2 Å². The number of carboxylic acid groups (broad SMARTS) is 1. The van der Waals surface area contributed by atoms with Gasteiger partial charge in [0.1, 0.15) is 0 Å². The third-order valence-electron chi connectivity index (χ3n) is 3.70. The molecule has 0 bridgehead atoms. The van der Waals surface area contributed by atoms with Gasteiger partial charge in [-0.1, -0.05) is 11.6 Å². The van der Waals surface area contributed by atoms with Crippen LogP contribution in [-0.2, 0) is 11.2 Å². The smallest absolute Gasteiger partial charge is 0.315 e. The van der Waals surface area contributed by atoms with Crippen LogP contribution in [0.3, 0.4) is 0 Å². The van der Waals surface area contributed by atoms with Gasteiger partial charge >= 0.3 is 12.0 Å². The maximum Gasteiger partial charge on any atom is 0.315 e. The number of urea groups is 1. The highest BCUT2D eigenvalue weighted by molar-refractivity contribution is 7.16. The van der Waals surface area contributed by atoms with Gasteiger partial charge in [0.15, 0.2) is 0 Å². The second-order valence-corrected chi connectivity index (χ2v) is 7.04. The fourth-order valence-electron chi connectivity index (χ4n) is 2.51. The lowest BCUT2D eigenvalue weighted by molar-refractivity contribution is -0.142. The molecule has 1 saturated carbocycles. The molecule has 2 rings (SSSR count). The Bertz CT molecular complexity index is 498. The molecule has 0 spiro atoms. The first-order valence-electron chi connectivity index (χ1n) is 7.06. The van der Waals surface area contributed by atoms with Crippen molar-refractivity contribution in [2.24, 2.45) is 5.92 Å². The van der Waals surface area contributed by atoms with E-state index >= 15 is 0 Å². The average molecular weight is 331 g/mol. The minimum absolute atomic E-state index is 0.0804. The van der Waals surface area contributed by atoms with Crippen LogP contribution < -0.4 is 10.6 Å². The molecule has 21 heavy (non-hydrogen) atoms. The van der Waals surface area contributed by atoms with Crippen molar-refractivity contribution in [2.45, 2.75) is 38.1 Å². The highest BCUT2D eigenvalue weighted by atomic mass is 35.5. The molecule has 0 unspecified atom stereocenters. The van der Waals surface area contributed by atoms with E-state index in [1.54, 1.807) is 0 Å². The molecule has 1 aromatic rings. The van der Waals surface area contributed by atoms with E-state index in [-0.39, 0.29) is 18.0 Å². The van der Waals surface area contributed by atoms with Crippen molar-refractivity contribution in [2.75, 3.05) is 6.54 Å². The zero-order valence-electron chi connectivity index (χ0n) is 11.6. The van der Waals surface area contributed by atoms with Crippen molar-refractivity contribution >= 4 is 34.9 Å². The molecule has 3 N–H and O–H groups in total. The largest absolute Gasteiger partial charge is 0.481 e. The monoisotopic (exact) mass is 330 g/mol. The number of hydrogen-bond acceptors (Lipinski definition) is 3. The summed E-state index contributed by atoms with van der Waals surface area (Å²) in [5.41, 5.74) is 0. The van der Waals surface area contributed by atoms with Crippen LogP contribution in [0.15, 0.2) is 12.1 Å². The van der Waals surface area contributed by atoms with Crippen LogP contribution in [0, 0.1) is 5.92 Å². The Hall–Kier alpha value is -1.27. The van der Waals surface area contributed by atoms with Crippen molar-refractivity contribution in [1.29, 1.82) is 0 Å². The standard InChI is InChI=1S/C14H19ClN2O3S/c15-12-6-5-11(21-12)7-8-16-14(20)17-10-3-1-9(2-4-10)13(18)19/h5-6,9-10H,1-4,7-8H2,(H,18,19)(H2,16,17,20). The first-order valence-corrected chi connectivity index (χ1v) is 8.25. The molecule has 2 amide bonds. The molecule has 116 valence electrons. The van der Waals surface area contributed by atoms with Crippen LogP contribution in [0.1, 0.15) is 30.6 Å². The summed E-state index contributed by atoms with van der Waals surface area (Å²) in [6, 6.07) is 3.70. The van der Waals surface area contributed by atoms with Crippen molar-refractivity contribution in [3.8, 4) is 0 Å². The summed E-state index contributed by atoms with van der Waals surface area (Å²) in [4.78, 5) is 23.8. The summed E-state index contributed by atoms with van der Waals surface area (Å²) in [5.74, 6) is -0.984. The van der Waals surface area contributed by atoms with E-state index in [2.05, 4.69) is 10.6 Å². The van der Waals surface area contributed by atoms with Gasteiger partial charge in [0.05, 0.1) is 10.3 Å². The van der Waals surface area contributed by atoms with E-state index < -0.39 is 5.97 Å². The Balaban J connectivity index is 1.62. The predicted octanol–water partition coefficient (Wildman–Crippen LogP) is 2.89. The maximum absolute atomic E-state index is 11.8. The van der Waals surface area contributed by atoms with Crippen molar-refractivity contribution < 1.29 is 14.7 Å². The van der Waals surface area contributed by atoms with Crippen molar-refractivity contribution in [3.63, 3.8) is 0 Å². The highest BCUT2D eigenvalue weighted by Gasteiger charge is 2.26.